The molecule has 1 heterocycles. The van der Waals surface area contributed by atoms with Crippen molar-refractivity contribution in [2.45, 2.75) is 32.7 Å². The molecule has 1 aromatic rings. The van der Waals surface area contributed by atoms with Crippen molar-refractivity contribution < 1.29 is 0 Å². The predicted molar refractivity (Wildman–Crippen MR) is 61.4 cm³/mol. The lowest BCUT2D eigenvalue weighted by Gasteiger charge is -2.23. The molecule has 1 N–H and O–H groups in total. The highest BCUT2D eigenvalue weighted by molar-refractivity contribution is 5.62. The second-order valence-corrected chi connectivity index (χ2v) is 3.33. The Bertz CT molecular complexity index is 282. The first-order valence-electron chi connectivity index (χ1n) is 5.15. The number of nitrogens with zero attached hydrogens (tertiary/aromatic N) is 1. The van der Waals surface area contributed by atoms with E-state index in [-0.39, 0.29) is 5.54 Å². The summed E-state index contributed by atoms with van der Waals surface area (Å²) in [7, 11) is 0. The number of benzene rings is 1. The summed E-state index contributed by atoms with van der Waals surface area (Å²) in [5.74, 6) is 0. The zero-order chi connectivity index (χ0) is 10.4. The number of hydrazone groups is 1. The highest BCUT2D eigenvalue weighted by atomic mass is 15.3. The zero-order valence-electron chi connectivity index (χ0n) is 9.12. The highest BCUT2D eigenvalue weighted by Crippen LogP contribution is 2.25. The van der Waals surface area contributed by atoms with Gasteiger partial charge in [-0.05, 0) is 12.5 Å². The average Bonchev–Trinajstić information content (AvgIpc) is 2.71. The quantitative estimate of drug-likeness (QED) is 0.723. The molecule has 0 fully saturated rings. The number of hydrogen-bond acceptors (Lipinski definition) is 2. The van der Waals surface area contributed by atoms with Gasteiger partial charge in [0.25, 0.3) is 0 Å². The largest absolute Gasteiger partial charge is 0.300 e. The molecule has 1 aliphatic rings. The molecular formula is C12H18N2. The van der Waals surface area contributed by atoms with Gasteiger partial charge >= 0.3 is 0 Å². The second kappa shape index (κ2) is 4.80. The molecule has 1 atom stereocenters. The Morgan fingerprint density at radius 1 is 1.21 bits per heavy atom. The van der Waals surface area contributed by atoms with Crippen LogP contribution in [0.25, 0.3) is 0 Å². The Balaban J connectivity index is 0.000000461. The molecule has 76 valence electrons. The lowest BCUT2D eigenvalue weighted by atomic mass is 9.91. The predicted octanol–water partition coefficient (Wildman–Crippen LogP) is 2.91. The van der Waals surface area contributed by atoms with E-state index in [1.165, 1.54) is 5.56 Å². The van der Waals surface area contributed by atoms with Crippen molar-refractivity contribution in [2.75, 3.05) is 0 Å². The molecule has 2 nitrogen and oxygen atoms in total. The molecule has 1 aromatic carbocycles. The van der Waals surface area contributed by atoms with Crippen LogP contribution in [-0.2, 0) is 5.54 Å². The minimum absolute atomic E-state index is 0.0151. The van der Waals surface area contributed by atoms with E-state index in [2.05, 4.69) is 41.7 Å². The van der Waals surface area contributed by atoms with Gasteiger partial charge in [0, 0.05) is 12.6 Å². The summed E-state index contributed by atoms with van der Waals surface area (Å²) in [6.45, 7) is 6.16. The monoisotopic (exact) mass is 190 g/mol. The molecular weight excluding hydrogens is 172 g/mol. The fourth-order valence-electron chi connectivity index (χ4n) is 1.45. The lowest BCUT2D eigenvalue weighted by molar-refractivity contribution is 0.422. The summed E-state index contributed by atoms with van der Waals surface area (Å²) in [4.78, 5) is 0. The molecule has 0 saturated heterocycles. The van der Waals surface area contributed by atoms with Crippen molar-refractivity contribution in [3.8, 4) is 0 Å². The Morgan fingerprint density at radius 3 is 2.36 bits per heavy atom. The van der Waals surface area contributed by atoms with E-state index in [1.54, 1.807) is 0 Å². The van der Waals surface area contributed by atoms with Crippen LogP contribution < -0.4 is 5.43 Å². The molecule has 2 heteroatoms. The van der Waals surface area contributed by atoms with Crippen LogP contribution in [-0.4, -0.2) is 6.21 Å². The minimum atomic E-state index is 0.0151. The first-order chi connectivity index (χ1) is 6.81. The third-order valence-corrected chi connectivity index (χ3v) is 2.31. The topological polar surface area (TPSA) is 24.4 Å². The second-order valence-electron chi connectivity index (χ2n) is 3.33. The fourth-order valence-corrected chi connectivity index (χ4v) is 1.45. The van der Waals surface area contributed by atoms with Gasteiger partial charge in [-0.3, -0.25) is 5.43 Å². The maximum absolute atomic E-state index is 4.04. The Hall–Kier alpha value is -1.31. The molecule has 1 unspecified atom stereocenters. The van der Waals surface area contributed by atoms with Crippen molar-refractivity contribution in [2.24, 2.45) is 5.10 Å². The summed E-state index contributed by atoms with van der Waals surface area (Å²) in [6.07, 6.45) is 2.89. The molecule has 2 rings (SSSR count). The van der Waals surface area contributed by atoms with Crippen molar-refractivity contribution in [1.82, 2.24) is 5.43 Å². The van der Waals surface area contributed by atoms with Crippen molar-refractivity contribution in [1.29, 1.82) is 0 Å². The third kappa shape index (κ3) is 2.13. The molecule has 0 amide bonds. The Kier molecular flexibility index (Phi) is 3.69. The molecule has 0 radical (unpaired) electrons. The Morgan fingerprint density at radius 2 is 1.86 bits per heavy atom. The maximum atomic E-state index is 4.04. The van der Waals surface area contributed by atoms with Gasteiger partial charge in [-0.15, -0.1) is 0 Å². The van der Waals surface area contributed by atoms with E-state index in [0.717, 1.165) is 6.42 Å². The minimum Gasteiger partial charge on any atom is -0.300 e. The fraction of sp³-hybridized carbons (Fsp3) is 0.417. The van der Waals surface area contributed by atoms with Crippen LogP contribution in [0, 0.1) is 0 Å². The van der Waals surface area contributed by atoms with Crippen LogP contribution in [0.1, 0.15) is 32.8 Å². The normalized spacial score (nSPS) is 23.6. The molecule has 0 aromatic heterocycles. The van der Waals surface area contributed by atoms with E-state index in [0.29, 0.717) is 0 Å². The third-order valence-electron chi connectivity index (χ3n) is 2.31. The molecule has 0 aliphatic carbocycles. The summed E-state index contributed by atoms with van der Waals surface area (Å²) in [5.41, 5.74) is 4.43. The van der Waals surface area contributed by atoms with Crippen LogP contribution >= 0.6 is 0 Å². The summed E-state index contributed by atoms with van der Waals surface area (Å²) >= 11 is 0. The lowest BCUT2D eigenvalue weighted by Crippen LogP contribution is -2.31. The van der Waals surface area contributed by atoms with E-state index >= 15 is 0 Å². The molecule has 1 aliphatic heterocycles. The molecule has 14 heavy (non-hydrogen) atoms. The molecule has 0 bridgehead atoms. The Labute approximate surface area is 86.0 Å². The highest BCUT2D eigenvalue weighted by Gasteiger charge is 2.27. The van der Waals surface area contributed by atoms with Gasteiger partial charge in [-0.1, -0.05) is 44.2 Å². The van der Waals surface area contributed by atoms with E-state index in [1.807, 2.05) is 26.1 Å². The van der Waals surface area contributed by atoms with E-state index < -0.39 is 0 Å². The van der Waals surface area contributed by atoms with Gasteiger partial charge < -0.3 is 0 Å². The van der Waals surface area contributed by atoms with Crippen LogP contribution in [0.3, 0.4) is 0 Å². The standard InChI is InChI=1S/C10H12N2.C2H6/c1-10(7-8-11-12-10)9-5-3-2-4-6-9;1-2/h2-6,8,12H,7H2,1H3;1-2H3. The number of hydrogen-bond donors (Lipinski definition) is 1. The molecule has 0 saturated carbocycles. The van der Waals surface area contributed by atoms with Gasteiger partial charge in [0.15, 0.2) is 0 Å². The van der Waals surface area contributed by atoms with E-state index in [4.69, 9.17) is 0 Å². The maximum Gasteiger partial charge on any atom is 0.0818 e. The van der Waals surface area contributed by atoms with Crippen LogP contribution in [0.2, 0.25) is 0 Å². The van der Waals surface area contributed by atoms with Crippen LogP contribution in [0.15, 0.2) is 35.4 Å². The first kappa shape index (κ1) is 10.8. The van der Waals surface area contributed by atoms with Gasteiger partial charge in [0.1, 0.15) is 0 Å². The average molecular weight is 190 g/mol. The van der Waals surface area contributed by atoms with Crippen molar-refractivity contribution >= 4 is 6.21 Å². The van der Waals surface area contributed by atoms with Gasteiger partial charge in [-0.2, -0.15) is 5.10 Å². The number of rotatable bonds is 1. The zero-order valence-corrected chi connectivity index (χ0v) is 9.12. The van der Waals surface area contributed by atoms with Crippen molar-refractivity contribution in [3.05, 3.63) is 35.9 Å². The SMILES string of the molecule is CC.CC1(c2ccccc2)CC=NN1. The summed E-state index contributed by atoms with van der Waals surface area (Å²) < 4.78 is 0. The van der Waals surface area contributed by atoms with Crippen LogP contribution in [0.5, 0.6) is 0 Å². The van der Waals surface area contributed by atoms with Crippen molar-refractivity contribution in [3.63, 3.8) is 0 Å². The van der Waals surface area contributed by atoms with Crippen LogP contribution in [0.4, 0.5) is 0 Å². The first-order valence-corrected chi connectivity index (χ1v) is 5.15. The molecule has 0 spiro atoms. The summed E-state index contributed by atoms with van der Waals surface area (Å²) in [5, 5.41) is 4.04. The number of nitrogens with one attached hydrogen (secondary N) is 1. The van der Waals surface area contributed by atoms with E-state index in [9.17, 15) is 0 Å². The van der Waals surface area contributed by atoms with Gasteiger partial charge in [0.2, 0.25) is 0 Å². The smallest absolute Gasteiger partial charge is 0.0818 e. The summed E-state index contributed by atoms with van der Waals surface area (Å²) in [6, 6.07) is 10.4. The van der Waals surface area contributed by atoms with Gasteiger partial charge in [0.05, 0.1) is 5.54 Å². The van der Waals surface area contributed by atoms with Gasteiger partial charge in [-0.25, -0.2) is 0 Å².